The first-order valence-electron chi connectivity index (χ1n) is 14.0. The minimum atomic E-state index is -0.498. The molecule has 1 radical (unpaired) electrons. The molecule has 6 aromatic carbocycles. The van der Waals surface area contributed by atoms with Gasteiger partial charge in [-0.2, -0.15) is 0 Å². The van der Waals surface area contributed by atoms with Crippen molar-refractivity contribution in [3.8, 4) is 0 Å². The van der Waals surface area contributed by atoms with Gasteiger partial charge in [0.2, 0.25) is 0 Å². The minimum Gasteiger partial charge on any atom is -1.00 e. The van der Waals surface area contributed by atoms with Gasteiger partial charge >= 0.3 is 19.5 Å². The molecule has 0 amide bonds. The van der Waals surface area contributed by atoms with Gasteiger partial charge in [-0.15, -0.1) is 0 Å². The molecule has 0 unspecified atom stereocenters. The van der Waals surface area contributed by atoms with Gasteiger partial charge in [0, 0.05) is 0 Å². The second-order valence-electron chi connectivity index (χ2n) is 9.60. The summed E-state index contributed by atoms with van der Waals surface area (Å²) in [6.07, 6.45) is 3.77. The number of benzene rings is 6. The Morgan fingerprint density at radius 2 is 0.511 bits per heavy atom. The van der Waals surface area contributed by atoms with Crippen molar-refractivity contribution in [2.75, 3.05) is 0 Å². The Bertz CT molecular complexity index is 1470. The summed E-state index contributed by atoms with van der Waals surface area (Å²) in [5.41, 5.74) is 2.32. The van der Waals surface area contributed by atoms with Crippen LogP contribution in [0.15, 0.2) is 183 Å². The van der Waals surface area contributed by atoms with E-state index in [9.17, 15) is 0 Å². The first-order chi connectivity index (χ1) is 20.8. The van der Waals surface area contributed by atoms with E-state index in [0.717, 1.165) is 11.1 Å². The van der Waals surface area contributed by atoms with Gasteiger partial charge in [-0.3, -0.25) is 0 Å². The predicted octanol–water partition coefficient (Wildman–Crippen LogP) is 2.18. The molecule has 0 nitrogen and oxygen atoms in total. The molecule has 6 rings (SSSR count). The van der Waals surface area contributed by atoms with Crippen molar-refractivity contribution in [2.45, 2.75) is 0 Å². The molecule has 0 aliphatic rings. The molecule has 0 heterocycles. The Hall–Kier alpha value is -3.14. The smallest absolute Gasteiger partial charge is 1.00 e. The molecule has 0 N–H and O–H groups in total. The van der Waals surface area contributed by atoms with Crippen molar-refractivity contribution in [3.63, 3.8) is 0 Å². The molecule has 45 heavy (non-hydrogen) atoms. The molecule has 0 saturated heterocycles. The summed E-state index contributed by atoms with van der Waals surface area (Å²) in [5, 5.41) is 8.26. The largest absolute Gasteiger partial charge is 2.00 e. The van der Waals surface area contributed by atoms with Crippen LogP contribution in [-0.4, -0.2) is 0 Å². The van der Waals surface area contributed by atoms with Gasteiger partial charge in [0.25, 0.3) is 0 Å². The van der Waals surface area contributed by atoms with Crippen molar-refractivity contribution in [2.24, 2.45) is 0 Å². The maximum Gasteiger partial charge on any atom is 2.00 e. The third-order valence-corrected chi connectivity index (χ3v) is 11.7. The van der Waals surface area contributed by atoms with Crippen molar-refractivity contribution in [1.82, 2.24) is 0 Å². The zero-order valence-corrected chi connectivity index (χ0v) is 29.7. The first-order valence-corrected chi connectivity index (χ1v) is 16.7. The third kappa shape index (κ3) is 10.4. The molecule has 0 saturated carbocycles. The summed E-state index contributed by atoms with van der Waals surface area (Å²) in [4.78, 5) is 0. The minimum absolute atomic E-state index is 0. The van der Waals surface area contributed by atoms with E-state index in [0.29, 0.717) is 0 Å². The zero-order valence-electron chi connectivity index (χ0n) is 24.7. The van der Waals surface area contributed by atoms with Crippen LogP contribution in [0.25, 0.3) is 12.2 Å². The van der Waals surface area contributed by atoms with Gasteiger partial charge in [0.15, 0.2) is 0 Å². The number of hydrogen-bond donors (Lipinski definition) is 0. The first kappa shape index (κ1) is 38.0. The molecule has 0 spiro atoms. The van der Waals surface area contributed by atoms with Crippen molar-refractivity contribution in [1.29, 1.82) is 0 Å². The Morgan fingerprint density at radius 3 is 0.711 bits per heavy atom. The fraction of sp³-hybridized carbons (Fsp3) is 0. The van der Waals surface area contributed by atoms with Crippen LogP contribution in [0.1, 0.15) is 11.1 Å². The zero-order chi connectivity index (χ0) is 29.0. The molecular formula is C40H34Cl2P2Rh. The molecule has 227 valence electrons. The second-order valence-corrected chi connectivity index (χ2v) is 14.0. The van der Waals surface area contributed by atoms with E-state index in [2.05, 4.69) is 183 Å². The molecule has 5 heteroatoms. The van der Waals surface area contributed by atoms with Crippen LogP contribution in [0.5, 0.6) is 0 Å². The number of halogens is 2. The van der Waals surface area contributed by atoms with Crippen LogP contribution in [0.4, 0.5) is 0 Å². The number of hydrogen-bond acceptors (Lipinski definition) is 0. The Balaban J connectivity index is 0.000000294. The van der Waals surface area contributed by atoms with E-state index in [4.69, 9.17) is 0 Å². The van der Waals surface area contributed by atoms with Gasteiger partial charge in [0.1, 0.15) is 0 Å². The van der Waals surface area contributed by atoms with Gasteiger partial charge < -0.3 is 24.8 Å². The maximum atomic E-state index is 3.83. The Kier molecular flexibility index (Phi) is 17.0. The van der Waals surface area contributed by atoms with E-state index in [1.165, 1.54) is 31.8 Å². The van der Waals surface area contributed by atoms with Crippen LogP contribution >= 0.6 is 15.8 Å². The van der Waals surface area contributed by atoms with Crippen molar-refractivity contribution in [3.05, 3.63) is 194 Å². The van der Waals surface area contributed by atoms with Crippen LogP contribution < -0.4 is 56.6 Å². The summed E-state index contributed by atoms with van der Waals surface area (Å²) < 4.78 is 0. The fourth-order valence-electron chi connectivity index (χ4n) is 4.72. The summed E-state index contributed by atoms with van der Waals surface area (Å²) >= 11 is 0. The average Bonchev–Trinajstić information content (AvgIpc) is 3.08. The van der Waals surface area contributed by atoms with Crippen LogP contribution in [0.3, 0.4) is 0 Å². The van der Waals surface area contributed by atoms with Crippen LogP contribution in [0, 0.1) is 0 Å². The standard InChI is InChI=1S/2C20H17P.2ClH.Rh/c2*1-2-17-13-15-20(16-14-17)21(18-9-5-3-6-10-18)19-11-7-4-8-12-19;;;/h2*2-16H,1H2;2*1H;/q;;;;+2/p-2. The van der Waals surface area contributed by atoms with E-state index < -0.39 is 15.8 Å². The molecule has 0 fully saturated rings. The van der Waals surface area contributed by atoms with Gasteiger partial charge in [-0.25, -0.2) is 0 Å². The predicted molar refractivity (Wildman–Crippen MR) is 190 cm³/mol. The molecule has 0 atom stereocenters. The normalized spacial score (nSPS) is 9.82. The fourth-order valence-corrected chi connectivity index (χ4v) is 9.29. The summed E-state index contributed by atoms with van der Waals surface area (Å²) in [7, 11) is -0.995. The second kappa shape index (κ2) is 20.1. The quantitative estimate of drug-likeness (QED) is 0.166. The summed E-state index contributed by atoms with van der Waals surface area (Å²) in [6, 6.07) is 60.5. The van der Waals surface area contributed by atoms with Crippen LogP contribution in [-0.2, 0) is 19.5 Å². The van der Waals surface area contributed by atoms with Gasteiger partial charge in [-0.1, -0.05) is 195 Å². The Morgan fingerprint density at radius 1 is 0.311 bits per heavy atom. The molecule has 0 aliphatic heterocycles. The molecule has 0 bridgehead atoms. The molecule has 6 aromatic rings. The van der Waals surface area contributed by atoms with Gasteiger partial charge in [0.05, 0.1) is 0 Å². The topological polar surface area (TPSA) is 0 Å². The Labute approximate surface area is 296 Å². The van der Waals surface area contributed by atoms with Gasteiger partial charge in [-0.05, 0) is 58.8 Å². The SMILES string of the molecule is C=Cc1ccc(P(c2ccccc2)c2ccccc2)cc1.C=Cc1ccc(P(c2ccccc2)c2ccccc2)cc1.[Cl-].[Cl-].[Rh+2]. The van der Waals surface area contributed by atoms with E-state index >= 15 is 0 Å². The van der Waals surface area contributed by atoms with Crippen molar-refractivity contribution >= 4 is 59.8 Å². The summed E-state index contributed by atoms with van der Waals surface area (Å²) in [5.74, 6) is 0. The molecule has 0 aromatic heterocycles. The third-order valence-electron chi connectivity index (χ3n) is 6.83. The molecular weight excluding hydrogens is 716 g/mol. The monoisotopic (exact) mass is 749 g/mol. The number of rotatable bonds is 8. The van der Waals surface area contributed by atoms with E-state index in [1.807, 2.05) is 12.2 Å². The molecule has 0 aliphatic carbocycles. The van der Waals surface area contributed by atoms with Crippen molar-refractivity contribution < 1.29 is 44.3 Å². The van der Waals surface area contributed by atoms with E-state index in [1.54, 1.807) is 0 Å². The summed E-state index contributed by atoms with van der Waals surface area (Å²) in [6.45, 7) is 7.65. The maximum absolute atomic E-state index is 3.83. The van der Waals surface area contributed by atoms with Crippen LogP contribution in [0.2, 0.25) is 0 Å². The average molecular weight is 750 g/mol. The van der Waals surface area contributed by atoms with E-state index in [-0.39, 0.29) is 44.3 Å².